The number of aryl methyl sites for hydroxylation is 1. The average molecular weight is 268 g/mol. The minimum atomic E-state index is -3.14. The Morgan fingerprint density at radius 2 is 2.22 bits per heavy atom. The molecule has 0 bridgehead atoms. The molecule has 0 saturated heterocycles. The van der Waals surface area contributed by atoms with Gasteiger partial charge >= 0.3 is 0 Å². The summed E-state index contributed by atoms with van der Waals surface area (Å²) in [6.45, 7) is 2.86. The Balaban J connectivity index is 2.38. The molecule has 2 rings (SSSR count). The molecule has 100 valence electrons. The third-order valence-corrected chi connectivity index (χ3v) is 5.19. The zero-order chi connectivity index (χ0) is 13.2. The van der Waals surface area contributed by atoms with Crippen molar-refractivity contribution < 1.29 is 8.42 Å². The maximum absolute atomic E-state index is 12.3. The number of fused-ring (bicyclic) bond motifs is 1. The van der Waals surface area contributed by atoms with Gasteiger partial charge in [0.05, 0.1) is 16.3 Å². The lowest BCUT2D eigenvalue weighted by Gasteiger charge is -2.28. The first-order valence-electron chi connectivity index (χ1n) is 6.34. The Labute approximate surface area is 109 Å². The molecule has 5 heteroatoms. The van der Waals surface area contributed by atoms with Gasteiger partial charge in [0.15, 0.2) is 9.84 Å². The number of anilines is 1. The van der Waals surface area contributed by atoms with Gasteiger partial charge in [-0.3, -0.25) is 0 Å². The fourth-order valence-electron chi connectivity index (χ4n) is 2.37. The first kappa shape index (κ1) is 13.4. The van der Waals surface area contributed by atoms with Crippen molar-refractivity contribution in [2.24, 2.45) is 0 Å². The molecule has 1 atom stereocenters. The lowest BCUT2D eigenvalue weighted by atomic mass is 10.1. The van der Waals surface area contributed by atoms with Crippen LogP contribution in [0.1, 0.15) is 18.9 Å². The topological polar surface area (TPSA) is 58.2 Å². The zero-order valence-corrected chi connectivity index (χ0v) is 11.7. The summed E-state index contributed by atoms with van der Waals surface area (Å²) in [7, 11) is -1.27. The van der Waals surface area contributed by atoms with Gasteiger partial charge in [0.1, 0.15) is 0 Å². The minimum Gasteiger partial charge on any atom is -0.380 e. The third kappa shape index (κ3) is 2.52. The van der Waals surface area contributed by atoms with E-state index < -0.39 is 9.84 Å². The van der Waals surface area contributed by atoms with Crippen LogP contribution >= 0.6 is 0 Å². The SMILES string of the molecule is CCc1cccc2c1NC(CCNC)CS2(=O)=O. The van der Waals surface area contributed by atoms with Gasteiger partial charge in [0.25, 0.3) is 0 Å². The first-order chi connectivity index (χ1) is 8.58. The van der Waals surface area contributed by atoms with Crippen LogP contribution in [0.3, 0.4) is 0 Å². The quantitative estimate of drug-likeness (QED) is 0.867. The highest BCUT2D eigenvalue weighted by atomic mass is 32.2. The fourth-order valence-corrected chi connectivity index (χ4v) is 4.11. The Morgan fingerprint density at radius 3 is 2.89 bits per heavy atom. The summed E-state index contributed by atoms with van der Waals surface area (Å²) < 4.78 is 24.5. The van der Waals surface area contributed by atoms with Gasteiger partial charge in [-0.05, 0) is 38.1 Å². The highest BCUT2D eigenvalue weighted by Gasteiger charge is 2.30. The van der Waals surface area contributed by atoms with E-state index in [2.05, 4.69) is 10.6 Å². The zero-order valence-electron chi connectivity index (χ0n) is 10.9. The third-order valence-electron chi connectivity index (χ3n) is 3.34. The second-order valence-electron chi connectivity index (χ2n) is 4.66. The molecule has 1 aromatic carbocycles. The Morgan fingerprint density at radius 1 is 1.44 bits per heavy atom. The van der Waals surface area contributed by atoms with Crippen LogP contribution in [0.25, 0.3) is 0 Å². The van der Waals surface area contributed by atoms with E-state index in [1.54, 1.807) is 6.07 Å². The molecule has 0 saturated carbocycles. The predicted octanol–water partition coefficient (Wildman–Crippen LogP) is 1.43. The Kier molecular flexibility index (Phi) is 3.92. The predicted molar refractivity (Wildman–Crippen MR) is 73.8 cm³/mol. The maximum atomic E-state index is 12.3. The van der Waals surface area contributed by atoms with Gasteiger partial charge in [0, 0.05) is 6.04 Å². The van der Waals surface area contributed by atoms with Gasteiger partial charge < -0.3 is 10.6 Å². The van der Waals surface area contributed by atoms with Crippen LogP contribution in [0.5, 0.6) is 0 Å². The summed E-state index contributed by atoms with van der Waals surface area (Å²) in [5.41, 5.74) is 1.89. The van der Waals surface area contributed by atoms with E-state index in [1.807, 2.05) is 26.1 Å². The molecule has 0 fully saturated rings. The van der Waals surface area contributed by atoms with Crippen LogP contribution in [0, 0.1) is 0 Å². The van der Waals surface area contributed by atoms with E-state index in [0.29, 0.717) is 4.90 Å². The minimum absolute atomic E-state index is 0.00245. The highest BCUT2D eigenvalue weighted by Crippen LogP contribution is 2.32. The normalized spacial score (nSPS) is 21.1. The van der Waals surface area contributed by atoms with Gasteiger partial charge in [-0.2, -0.15) is 0 Å². The summed E-state index contributed by atoms with van der Waals surface area (Å²) >= 11 is 0. The summed E-state index contributed by atoms with van der Waals surface area (Å²) in [4.78, 5) is 0.461. The first-order valence-corrected chi connectivity index (χ1v) is 7.99. The fraction of sp³-hybridized carbons (Fsp3) is 0.538. The molecule has 1 aliphatic heterocycles. The van der Waals surface area contributed by atoms with Crippen LogP contribution in [0.15, 0.2) is 23.1 Å². The largest absolute Gasteiger partial charge is 0.380 e. The van der Waals surface area contributed by atoms with Crippen LogP contribution in [0.4, 0.5) is 5.69 Å². The van der Waals surface area contributed by atoms with Crippen molar-refractivity contribution in [1.29, 1.82) is 0 Å². The molecule has 1 aliphatic rings. The van der Waals surface area contributed by atoms with Gasteiger partial charge in [-0.15, -0.1) is 0 Å². The van der Waals surface area contributed by atoms with Crippen molar-refractivity contribution in [2.45, 2.75) is 30.7 Å². The van der Waals surface area contributed by atoms with Gasteiger partial charge in [0.2, 0.25) is 0 Å². The van der Waals surface area contributed by atoms with Crippen molar-refractivity contribution >= 4 is 15.5 Å². The molecule has 4 nitrogen and oxygen atoms in total. The smallest absolute Gasteiger partial charge is 0.182 e. The number of rotatable bonds is 4. The van der Waals surface area contributed by atoms with Crippen molar-refractivity contribution in [1.82, 2.24) is 5.32 Å². The molecule has 1 aromatic rings. The molecule has 0 radical (unpaired) electrons. The standard InChI is InChI=1S/C13H20N2O2S/c1-3-10-5-4-6-12-13(10)15-11(7-8-14-2)9-18(12,16)17/h4-6,11,14-15H,3,7-9H2,1-2H3. The summed E-state index contributed by atoms with van der Waals surface area (Å²) in [5, 5.41) is 6.45. The lowest BCUT2D eigenvalue weighted by Crippen LogP contribution is -2.36. The molecule has 18 heavy (non-hydrogen) atoms. The second-order valence-corrected chi connectivity index (χ2v) is 6.66. The molecule has 1 unspecified atom stereocenters. The summed E-state index contributed by atoms with van der Waals surface area (Å²) in [6, 6.07) is 5.51. The summed E-state index contributed by atoms with van der Waals surface area (Å²) in [6.07, 6.45) is 1.65. The van der Waals surface area contributed by atoms with Crippen molar-refractivity contribution in [2.75, 3.05) is 24.7 Å². The monoisotopic (exact) mass is 268 g/mol. The van der Waals surface area contributed by atoms with Crippen LogP contribution in [0.2, 0.25) is 0 Å². The van der Waals surface area contributed by atoms with Crippen LogP contribution < -0.4 is 10.6 Å². The lowest BCUT2D eigenvalue weighted by molar-refractivity contribution is 0.575. The van der Waals surface area contributed by atoms with Gasteiger partial charge in [-0.25, -0.2) is 8.42 Å². The number of hydrogen-bond acceptors (Lipinski definition) is 4. The molecule has 0 spiro atoms. The second kappa shape index (κ2) is 5.28. The highest BCUT2D eigenvalue weighted by molar-refractivity contribution is 7.91. The number of para-hydroxylation sites is 1. The van der Waals surface area contributed by atoms with Gasteiger partial charge in [-0.1, -0.05) is 19.1 Å². The molecular weight excluding hydrogens is 248 g/mol. The average Bonchev–Trinajstić information content (AvgIpc) is 2.35. The molecular formula is C13H20N2O2S. The Hall–Kier alpha value is -1.07. The van der Waals surface area contributed by atoms with E-state index in [1.165, 1.54) is 0 Å². The van der Waals surface area contributed by atoms with Crippen LogP contribution in [-0.4, -0.2) is 33.8 Å². The Bertz CT molecular complexity index is 526. The number of sulfone groups is 1. The summed E-state index contributed by atoms with van der Waals surface area (Å²) in [5.74, 6) is 0.189. The maximum Gasteiger partial charge on any atom is 0.182 e. The van der Waals surface area contributed by atoms with E-state index in [-0.39, 0.29) is 11.8 Å². The number of benzene rings is 1. The van der Waals surface area contributed by atoms with E-state index in [0.717, 1.165) is 30.6 Å². The number of hydrogen-bond donors (Lipinski definition) is 2. The van der Waals surface area contributed by atoms with Crippen molar-refractivity contribution in [3.63, 3.8) is 0 Å². The van der Waals surface area contributed by atoms with E-state index >= 15 is 0 Å². The molecule has 0 amide bonds. The van der Waals surface area contributed by atoms with Crippen LogP contribution in [-0.2, 0) is 16.3 Å². The molecule has 0 aliphatic carbocycles. The number of nitrogens with one attached hydrogen (secondary N) is 2. The molecule has 0 aromatic heterocycles. The molecule has 1 heterocycles. The van der Waals surface area contributed by atoms with Crippen molar-refractivity contribution in [3.8, 4) is 0 Å². The molecule has 2 N–H and O–H groups in total. The van der Waals surface area contributed by atoms with E-state index in [9.17, 15) is 8.42 Å². The van der Waals surface area contributed by atoms with Crippen molar-refractivity contribution in [3.05, 3.63) is 23.8 Å². The van der Waals surface area contributed by atoms with E-state index in [4.69, 9.17) is 0 Å².